The summed E-state index contributed by atoms with van der Waals surface area (Å²) in [4.78, 5) is 35.9. The SMILES string of the molecule is CCOC(=O)c1cc(C)n(CC(=O)NNC(=O)c2ccoc2C)c1C. The molecule has 2 rings (SSSR count). The predicted molar refractivity (Wildman–Crippen MR) is 88.9 cm³/mol. The highest BCUT2D eigenvalue weighted by Crippen LogP contribution is 2.16. The van der Waals surface area contributed by atoms with Gasteiger partial charge in [-0.3, -0.25) is 20.4 Å². The van der Waals surface area contributed by atoms with E-state index in [1.165, 1.54) is 12.3 Å². The molecule has 2 aromatic rings. The van der Waals surface area contributed by atoms with E-state index in [9.17, 15) is 14.4 Å². The van der Waals surface area contributed by atoms with Crippen LogP contribution >= 0.6 is 0 Å². The molecule has 0 saturated carbocycles. The first kappa shape index (κ1) is 18.3. The minimum absolute atomic E-state index is 0.0400. The van der Waals surface area contributed by atoms with Crippen molar-refractivity contribution in [1.29, 1.82) is 0 Å². The third-order valence-electron chi connectivity index (χ3n) is 3.79. The van der Waals surface area contributed by atoms with Crippen molar-refractivity contribution in [2.45, 2.75) is 34.2 Å². The number of aromatic nitrogens is 1. The van der Waals surface area contributed by atoms with Crippen LogP contribution in [0.15, 0.2) is 22.8 Å². The van der Waals surface area contributed by atoms with Gasteiger partial charge in [0.2, 0.25) is 0 Å². The zero-order valence-corrected chi connectivity index (χ0v) is 14.6. The van der Waals surface area contributed by atoms with Gasteiger partial charge < -0.3 is 13.7 Å². The van der Waals surface area contributed by atoms with Gasteiger partial charge >= 0.3 is 5.97 Å². The summed E-state index contributed by atoms with van der Waals surface area (Å²) < 4.78 is 11.7. The first-order valence-corrected chi connectivity index (χ1v) is 7.82. The van der Waals surface area contributed by atoms with Crippen molar-refractivity contribution in [3.63, 3.8) is 0 Å². The van der Waals surface area contributed by atoms with Crippen LogP contribution < -0.4 is 10.9 Å². The third kappa shape index (κ3) is 4.09. The van der Waals surface area contributed by atoms with Crippen LogP contribution in [0.2, 0.25) is 0 Å². The Balaban J connectivity index is 2.00. The summed E-state index contributed by atoms with van der Waals surface area (Å²) in [7, 11) is 0. The Labute approximate surface area is 145 Å². The van der Waals surface area contributed by atoms with Crippen LogP contribution in [0.25, 0.3) is 0 Å². The van der Waals surface area contributed by atoms with Gasteiger partial charge in [-0.25, -0.2) is 4.79 Å². The van der Waals surface area contributed by atoms with Crippen LogP contribution in [0.4, 0.5) is 0 Å². The van der Waals surface area contributed by atoms with E-state index in [1.54, 1.807) is 38.3 Å². The van der Waals surface area contributed by atoms with E-state index in [4.69, 9.17) is 9.15 Å². The number of hydrogen-bond acceptors (Lipinski definition) is 5. The quantitative estimate of drug-likeness (QED) is 0.632. The Morgan fingerprint density at radius 2 is 1.88 bits per heavy atom. The van der Waals surface area contributed by atoms with Crippen LogP contribution in [0.1, 0.15) is 44.8 Å². The standard InChI is InChI=1S/C17H21N3O5/c1-5-24-17(23)14-8-10(2)20(11(14)3)9-15(21)18-19-16(22)13-6-7-25-12(13)4/h6-8H,5,9H2,1-4H3,(H,18,21)(H,19,22). The minimum atomic E-state index is -0.465. The summed E-state index contributed by atoms with van der Waals surface area (Å²) >= 11 is 0. The fourth-order valence-electron chi connectivity index (χ4n) is 2.46. The summed E-state index contributed by atoms with van der Waals surface area (Å²) in [5.41, 5.74) is 6.82. The number of rotatable bonds is 5. The lowest BCUT2D eigenvalue weighted by Gasteiger charge is -2.11. The second-order valence-electron chi connectivity index (χ2n) is 5.48. The summed E-state index contributed by atoms with van der Waals surface area (Å²) in [5, 5.41) is 0. The third-order valence-corrected chi connectivity index (χ3v) is 3.79. The average molecular weight is 347 g/mol. The molecule has 134 valence electrons. The van der Waals surface area contributed by atoms with Gasteiger partial charge in [0.1, 0.15) is 12.3 Å². The van der Waals surface area contributed by atoms with Crippen LogP contribution in [0, 0.1) is 20.8 Å². The largest absolute Gasteiger partial charge is 0.469 e. The van der Waals surface area contributed by atoms with Crippen molar-refractivity contribution in [3.05, 3.63) is 46.7 Å². The average Bonchev–Trinajstić information content (AvgIpc) is 3.11. The van der Waals surface area contributed by atoms with Crippen LogP contribution in [0.5, 0.6) is 0 Å². The number of carbonyl (C=O) groups excluding carboxylic acids is 3. The molecule has 0 radical (unpaired) electrons. The predicted octanol–water partition coefficient (Wildman–Crippen LogP) is 1.64. The highest BCUT2D eigenvalue weighted by Gasteiger charge is 2.18. The number of furan rings is 1. The van der Waals surface area contributed by atoms with Crippen LogP contribution in [-0.4, -0.2) is 29.0 Å². The summed E-state index contributed by atoms with van der Waals surface area (Å²) in [6.45, 7) is 7.15. The fraction of sp³-hybridized carbons (Fsp3) is 0.353. The van der Waals surface area contributed by atoms with Gasteiger partial charge in [0.05, 0.1) is 24.0 Å². The molecule has 2 aromatic heterocycles. The number of aryl methyl sites for hydroxylation is 2. The highest BCUT2D eigenvalue weighted by molar-refractivity contribution is 5.96. The van der Waals surface area contributed by atoms with Crippen LogP contribution in [-0.2, 0) is 16.1 Å². The molecule has 8 nitrogen and oxygen atoms in total. The fourth-order valence-corrected chi connectivity index (χ4v) is 2.46. The van der Waals surface area contributed by atoms with Gasteiger partial charge in [-0.05, 0) is 39.8 Å². The number of nitrogens with zero attached hydrogens (tertiary/aromatic N) is 1. The normalized spacial score (nSPS) is 10.4. The second-order valence-corrected chi connectivity index (χ2v) is 5.48. The molecular formula is C17H21N3O5. The van der Waals surface area contributed by atoms with E-state index in [2.05, 4.69) is 10.9 Å². The first-order valence-electron chi connectivity index (χ1n) is 7.82. The molecule has 0 bridgehead atoms. The molecule has 25 heavy (non-hydrogen) atoms. The number of nitrogens with one attached hydrogen (secondary N) is 2. The summed E-state index contributed by atoms with van der Waals surface area (Å²) in [6, 6.07) is 3.19. The van der Waals surface area contributed by atoms with Gasteiger partial charge in [0.25, 0.3) is 11.8 Å². The molecule has 0 unspecified atom stereocenters. The molecule has 0 aliphatic rings. The van der Waals surface area contributed by atoms with Crippen molar-refractivity contribution in [2.24, 2.45) is 0 Å². The molecule has 0 aromatic carbocycles. The maximum Gasteiger partial charge on any atom is 0.339 e. The molecule has 0 fully saturated rings. The second kappa shape index (κ2) is 7.69. The van der Waals surface area contributed by atoms with Crippen LogP contribution in [0.3, 0.4) is 0 Å². The van der Waals surface area contributed by atoms with E-state index < -0.39 is 17.8 Å². The van der Waals surface area contributed by atoms with Gasteiger partial charge in [0.15, 0.2) is 0 Å². The molecule has 0 saturated heterocycles. The number of amides is 2. The van der Waals surface area contributed by atoms with E-state index in [1.807, 2.05) is 0 Å². The van der Waals surface area contributed by atoms with E-state index in [-0.39, 0.29) is 13.2 Å². The highest BCUT2D eigenvalue weighted by atomic mass is 16.5. The molecule has 0 aliphatic heterocycles. The Morgan fingerprint density at radius 3 is 2.48 bits per heavy atom. The summed E-state index contributed by atoms with van der Waals surface area (Å²) in [5.74, 6) is -0.853. The lowest BCUT2D eigenvalue weighted by Crippen LogP contribution is -2.43. The maximum atomic E-state index is 12.1. The molecule has 2 amide bonds. The van der Waals surface area contributed by atoms with Gasteiger partial charge in [0, 0.05) is 11.4 Å². The van der Waals surface area contributed by atoms with E-state index in [0.717, 1.165) is 5.69 Å². The van der Waals surface area contributed by atoms with E-state index >= 15 is 0 Å². The summed E-state index contributed by atoms with van der Waals surface area (Å²) in [6.07, 6.45) is 1.40. The number of hydrazine groups is 1. The number of hydrogen-bond donors (Lipinski definition) is 2. The molecule has 8 heteroatoms. The Kier molecular flexibility index (Phi) is 5.63. The van der Waals surface area contributed by atoms with Crippen molar-refractivity contribution in [3.8, 4) is 0 Å². The molecule has 2 heterocycles. The van der Waals surface area contributed by atoms with Crippen molar-refractivity contribution < 1.29 is 23.5 Å². The van der Waals surface area contributed by atoms with E-state index in [0.29, 0.717) is 22.6 Å². The molecular weight excluding hydrogens is 326 g/mol. The Morgan fingerprint density at radius 1 is 1.16 bits per heavy atom. The zero-order chi connectivity index (χ0) is 18.6. The molecule has 2 N–H and O–H groups in total. The molecule has 0 spiro atoms. The number of esters is 1. The lowest BCUT2D eigenvalue weighted by atomic mass is 10.2. The van der Waals surface area contributed by atoms with Gasteiger partial charge in [-0.15, -0.1) is 0 Å². The topological polar surface area (TPSA) is 103 Å². The van der Waals surface area contributed by atoms with Gasteiger partial charge in [-0.1, -0.05) is 0 Å². The van der Waals surface area contributed by atoms with Crippen molar-refractivity contribution in [2.75, 3.05) is 6.61 Å². The number of carbonyl (C=O) groups is 3. The Bertz CT molecular complexity index is 803. The number of ether oxygens (including phenoxy) is 1. The van der Waals surface area contributed by atoms with Crippen molar-refractivity contribution >= 4 is 17.8 Å². The lowest BCUT2D eigenvalue weighted by molar-refractivity contribution is -0.122. The first-order chi connectivity index (χ1) is 11.8. The maximum absolute atomic E-state index is 12.1. The molecule has 0 aliphatic carbocycles. The Hall–Kier alpha value is -3.03. The molecule has 0 atom stereocenters. The van der Waals surface area contributed by atoms with Crippen molar-refractivity contribution in [1.82, 2.24) is 15.4 Å². The monoisotopic (exact) mass is 347 g/mol. The zero-order valence-electron chi connectivity index (χ0n) is 14.6. The van der Waals surface area contributed by atoms with Gasteiger partial charge in [-0.2, -0.15) is 0 Å². The minimum Gasteiger partial charge on any atom is -0.469 e. The smallest absolute Gasteiger partial charge is 0.339 e.